The van der Waals surface area contributed by atoms with Crippen LogP contribution in [0.3, 0.4) is 0 Å². The zero-order chi connectivity index (χ0) is 10.7. The van der Waals surface area contributed by atoms with E-state index in [9.17, 15) is 4.79 Å². The van der Waals surface area contributed by atoms with Gasteiger partial charge in [0.05, 0.1) is 6.21 Å². The quantitative estimate of drug-likeness (QED) is 0.758. The van der Waals surface area contributed by atoms with Crippen molar-refractivity contribution in [1.82, 2.24) is 5.32 Å². The Hall–Kier alpha value is -1.08. The van der Waals surface area contributed by atoms with Gasteiger partial charge >= 0.3 is 0 Å². The van der Waals surface area contributed by atoms with Crippen LogP contribution in [0.1, 0.15) is 19.3 Å². The molecule has 0 radical (unpaired) electrons. The van der Waals surface area contributed by atoms with Crippen LogP contribution < -0.4 is 5.32 Å². The first-order chi connectivity index (χ1) is 7.25. The smallest absolute Gasteiger partial charge is 0.224 e. The molecule has 3 nitrogen and oxygen atoms in total. The average molecular weight is 267 g/mol. The summed E-state index contributed by atoms with van der Waals surface area (Å²) in [5.41, 5.74) is 0. The Kier molecular flexibility index (Phi) is 3.22. The number of nitrogens with zero attached hydrogens (tertiary/aromatic N) is 1. The Labute approximate surface area is 97.2 Å². The number of allylic oxidation sites excluding steroid dienone is 1. The molecule has 1 unspecified atom stereocenters. The maximum absolute atomic E-state index is 11.6. The number of hydrogen-bond donors (Lipinski definition) is 1. The lowest BCUT2D eigenvalue weighted by molar-refractivity contribution is -0.127. The third-order valence-electron chi connectivity index (χ3n) is 2.57. The van der Waals surface area contributed by atoms with Gasteiger partial charge in [-0.25, -0.2) is 4.99 Å². The number of nitrogens with one attached hydrogen (secondary N) is 1. The molecule has 0 spiro atoms. The zero-order valence-corrected chi connectivity index (χ0v) is 9.75. The zero-order valence-electron chi connectivity index (χ0n) is 8.16. The molecular formula is C11H11BrN2O. The van der Waals surface area contributed by atoms with Gasteiger partial charge in [-0.1, -0.05) is 6.42 Å². The number of aliphatic imine (C=N–C) groups is 1. The first kappa shape index (κ1) is 10.4. The van der Waals surface area contributed by atoms with Crippen molar-refractivity contribution in [3.8, 4) is 12.0 Å². The lowest BCUT2D eigenvalue weighted by Crippen LogP contribution is -2.39. The van der Waals surface area contributed by atoms with Crippen LogP contribution in [-0.4, -0.2) is 18.2 Å². The molecule has 0 bridgehead atoms. The fraction of sp³-hybridized carbons (Fsp3) is 0.455. The van der Waals surface area contributed by atoms with Crippen LogP contribution in [-0.2, 0) is 4.79 Å². The van der Waals surface area contributed by atoms with Crippen molar-refractivity contribution in [2.75, 3.05) is 0 Å². The summed E-state index contributed by atoms with van der Waals surface area (Å²) in [6.07, 6.45) is 6.65. The maximum atomic E-state index is 11.6. The monoisotopic (exact) mass is 266 g/mol. The van der Waals surface area contributed by atoms with Crippen LogP contribution in [0.4, 0.5) is 0 Å². The van der Waals surface area contributed by atoms with Crippen LogP contribution in [0.15, 0.2) is 15.6 Å². The van der Waals surface area contributed by atoms with Gasteiger partial charge in [0.1, 0.15) is 6.04 Å². The molecule has 0 saturated heterocycles. The van der Waals surface area contributed by atoms with Crippen LogP contribution in [0.5, 0.6) is 0 Å². The van der Waals surface area contributed by atoms with E-state index < -0.39 is 0 Å². The lowest BCUT2D eigenvalue weighted by Gasteiger charge is -2.25. The molecule has 1 amide bonds. The second-order valence-electron chi connectivity index (χ2n) is 3.68. The van der Waals surface area contributed by atoms with Crippen molar-refractivity contribution in [3.63, 3.8) is 0 Å². The van der Waals surface area contributed by atoms with Crippen molar-refractivity contribution in [1.29, 1.82) is 0 Å². The van der Waals surface area contributed by atoms with E-state index >= 15 is 0 Å². The fourth-order valence-electron chi connectivity index (χ4n) is 1.46. The van der Waals surface area contributed by atoms with Crippen molar-refractivity contribution >= 4 is 28.1 Å². The first-order valence-corrected chi connectivity index (χ1v) is 5.76. The molecule has 1 fully saturated rings. The summed E-state index contributed by atoms with van der Waals surface area (Å²) < 4.78 is 0.832. The van der Waals surface area contributed by atoms with E-state index in [1.54, 1.807) is 6.21 Å². The molecule has 2 rings (SSSR count). The third kappa shape index (κ3) is 2.69. The predicted octanol–water partition coefficient (Wildman–Crippen LogP) is 1.60. The summed E-state index contributed by atoms with van der Waals surface area (Å²) in [6.45, 7) is 0. The largest absolute Gasteiger partial charge is 0.339 e. The van der Waals surface area contributed by atoms with E-state index in [-0.39, 0.29) is 17.9 Å². The summed E-state index contributed by atoms with van der Waals surface area (Å²) in [4.78, 5) is 15.5. The Balaban J connectivity index is 1.95. The summed E-state index contributed by atoms with van der Waals surface area (Å²) in [7, 11) is 0. The van der Waals surface area contributed by atoms with Gasteiger partial charge in [-0.3, -0.25) is 4.79 Å². The highest BCUT2D eigenvalue weighted by Crippen LogP contribution is 2.26. The normalized spacial score (nSPS) is 24.3. The highest BCUT2D eigenvalue weighted by atomic mass is 79.9. The molecule has 4 heteroatoms. The molecule has 2 aliphatic rings. The maximum Gasteiger partial charge on any atom is 0.224 e. The molecule has 1 N–H and O–H groups in total. The summed E-state index contributed by atoms with van der Waals surface area (Å²) >= 11 is 3.32. The van der Waals surface area contributed by atoms with Gasteiger partial charge in [0.15, 0.2) is 0 Å². The molecule has 1 atom stereocenters. The summed E-state index contributed by atoms with van der Waals surface area (Å²) in [5, 5.41) is 2.89. The van der Waals surface area contributed by atoms with Crippen molar-refractivity contribution in [2.45, 2.75) is 25.3 Å². The Morgan fingerprint density at radius 3 is 3.07 bits per heavy atom. The number of halogens is 1. The lowest BCUT2D eigenvalue weighted by atomic mass is 9.84. The van der Waals surface area contributed by atoms with Gasteiger partial charge < -0.3 is 5.32 Å². The molecule has 1 saturated carbocycles. The molecule has 0 aromatic heterocycles. The number of amides is 1. The minimum Gasteiger partial charge on any atom is -0.339 e. The minimum absolute atomic E-state index is 0.110. The second kappa shape index (κ2) is 4.63. The van der Waals surface area contributed by atoms with Gasteiger partial charge in [0.25, 0.3) is 0 Å². The predicted molar refractivity (Wildman–Crippen MR) is 62.5 cm³/mol. The van der Waals surface area contributed by atoms with Crippen LogP contribution >= 0.6 is 15.9 Å². The van der Waals surface area contributed by atoms with E-state index in [2.05, 4.69) is 38.2 Å². The van der Waals surface area contributed by atoms with Gasteiger partial charge in [-0.2, -0.15) is 0 Å². The van der Waals surface area contributed by atoms with E-state index in [1.807, 2.05) is 6.08 Å². The van der Waals surface area contributed by atoms with Gasteiger partial charge in [-0.05, 0) is 40.8 Å². The molecule has 1 aliphatic carbocycles. The van der Waals surface area contributed by atoms with Crippen molar-refractivity contribution < 1.29 is 4.79 Å². The van der Waals surface area contributed by atoms with E-state index in [0.29, 0.717) is 0 Å². The highest BCUT2D eigenvalue weighted by molar-refractivity contribution is 9.12. The van der Waals surface area contributed by atoms with Crippen LogP contribution in [0, 0.1) is 17.9 Å². The Morgan fingerprint density at radius 1 is 1.60 bits per heavy atom. The molecule has 0 aromatic rings. The number of carbonyl (C=O) groups excluding carboxylic acids is 1. The number of hydrogen-bond acceptors (Lipinski definition) is 2. The van der Waals surface area contributed by atoms with Crippen molar-refractivity contribution in [3.05, 3.63) is 10.6 Å². The minimum atomic E-state index is -0.227. The summed E-state index contributed by atoms with van der Waals surface area (Å²) in [5.74, 6) is 3.17. The molecular weight excluding hydrogens is 256 g/mol. The van der Waals surface area contributed by atoms with Gasteiger partial charge in [0.2, 0.25) is 5.91 Å². The summed E-state index contributed by atoms with van der Waals surface area (Å²) in [6, 6.07) is 2.40. The number of rotatable bonds is 2. The van der Waals surface area contributed by atoms with E-state index in [0.717, 1.165) is 23.7 Å². The van der Waals surface area contributed by atoms with Crippen LogP contribution in [0.2, 0.25) is 0 Å². The Bertz CT molecular complexity index is 385. The number of carbonyl (C=O) groups is 1. The molecule has 0 aromatic carbocycles. The molecule has 78 valence electrons. The highest BCUT2D eigenvalue weighted by Gasteiger charge is 2.26. The third-order valence-corrected chi connectivity index (χ3v) is 3.04. The van der Waals surface area contributed by atoms with Crippen LogP contribution in [0.25, 0.3) is 0 Å². The average Bonchev–Trinajstić information content (AvgIpc) is 2.26. The molecule has 1 aliphatic heterocycles. The van der Waals surface area contributed by atoms with Gasteiger partial charge in [-0.15, -0.1) is 0 Å². The standard InChI is InChI=1S/C11H11BrN2O/c12-9-6-10(4-5-13-7-9)14-11(15)8-2-1-3-8/h6-8,10H,1-3H2,(H,14,15). The fourth-order valence-corrected chi connectivity index (χ4v) is 1.83. The molecule has 1 heterocycles. The topological polar surface area (TPSA) is 41.5 Å². The first-order valence-electron chi connectivity index (χ1n) is 4.97. The van der Waals surface area contributed by atoms with Gasteiger partial charge in [0, 0.05) is 16.4 Å². The SMILES string of the molecule is O=C(NC1C#CN=CC(Br)=C1)C1CCC1. The molecule has 15 heavy (non-hydrogen) atoms. The van der Waals surface area contributed by atoms with E-state index in [1.165, 1.54) is 0 Å². The van der Waals surface area contributed by atoms with E-state index in [4.69, 9.17) is 0 Å². The Morgan fingerprint density at radius 2 is 2.40 bits per heavy atom. The second-order valence-corrected chi connectivity index (χ2v) is 4.60. The van der Waals surface area contributed by atoms with Crippen molar-refractivity contribution in [2.24, 2.45) is 10.9 Å².